The van der Waals surface area contributed by atoms with Crippen LogP contribution in [0.1, 0.15) is 73.1 Å². The molecule has 1 heteroatoms. The molecule has 0 amide bonds. The summed E-state index contributed by atoms with van der Waals surface area (Å²) in [7, 11) is 0. The third kappa shape index (κ3) is 4.57. The number of rotatable bonds is 7. The van der Waals surface area contributed by atoms with Crippen LogP contribution in [0, 0.1) is 23.7 Å². The third-order valence-electron chi connectivity index (χ3n) is 5.13. The van der Waals surface area contributed by atoms with Crippen molar-refractivity contribution in [3.8, 4) is 0 Å². The van der Waals surface area contributed by atoms with Gasteiger partial charge in [0.1, 0.15) is 0 Å². The van der Waals surface area contributed by atoms with Crippen LogP contribution < -0.4 is 5.32 Å². The highest BCUT2D eigenvalue weighted by molar-refractivity contribution is 4.86. The molecule has 108 valence electrons. The predicted molar refractivity (Wildman–Crippen MR) is 81.8 cm³/mol. The van der Waals surface area contributed by atoms with Crippen molar-refractivity contribution < 1.29 is 0 Å². The Morgan fingerprint density at radius 2 is 1.78 bits per heavy atom. The Kier molecular flexibility index (Phi) is 7.29. The normalized spacial score (nSPS) is 32.2. The smallest absolute Gasteiger partial charge is 0.0121 e. The Balaban J connectivity index is 2.58. The molecule has 18 heavy (non-hydrogen) atoms. The number of hydrogen-bond acceptors (Lipinski definition) is 1. The van der Waals surface area contributed by atoms with Crippen LogP contribution in [0.3, 0.4) is 0 Å². The molecule has 0 radical (unpaired) electrons. The second-order valence-electron chi connectivity index (χ2n) is 6.77. The van der Waals surface area contributed by atoms with Crippen LogP contribution in [0.5, 0.6) is 0 Å². The van der Waals surface area contributed by atoms with Gasteiger partial charge in [0.15, 0.2) is 0 Å². The van der Waals surface area contributed by atoms with Gasteiger partial charge in [-0.15, -0.1) is 0 Å². The lowest BCUT2D eigenvalue weighted by molar-refractivity contribution is 0.141. The summed E-state index contributed by atoms with van der Waals surface area (Å²) in [6.45, 7) is 13.1. The van der Waals surface area contributed by atoms with Gasteiger partial charge in [-0.3, -0.25) is 0 Å². The Bertz CT molecular complexity index is 214. The van der Waals surface area contributed by atoms with Crippen molar-refractivity contribution in [2.45, 2.75) is 79.2 Å². The molecule has 5 unspecified atom stereocenters. The van der Waals surface area contributed by atoms with E-state index in [1.54, 1.807) is 0 Å². The molecular weight excluding hydrogens is 218 g/mol. The third-order valence-corrected chi connectivity index (χ3v) is 5.13. The standard InChI is InChI=1S/C17H35N/c1-6-8-14(4)17(18-11-7-2)16-10-9-13(3)15(5)12-16/h13-18H,6-12H2,1-5H3. The van der Waals surface area contributed by atoms with Gasteiger partial charge >= 0.3 is 0 Å². The topological polar surface area (TPSA) is 12.0 Å². The Morgan fingerprint density at radius 1 is 1.06 bits per heavy atom. The van der Waals surface area contributed by atoms with Crippen molar-refractivity contribution in [3.63, 3.8) is 0 Å². The van der Waals surface area contributed by atoms with E-state index in [4.69, 9.17) is 0 Å². The second kappa shape index (κ2) is 8.19. The van der Waals surface area contributed by atoms with Gasteiger partial charge < -0.3 is 5.32 Å². The maximum Gasteiger partial charge on any atom is 0.0121 e. The predicted octanol–water partition coefficient (Wildman–Crippen LogP) is 4.86. The van der Waals surface area contributed by atoms with E-state index in [0.29, 0.717) is 0 Å². The first kappa shape index (κ1) is 16.0. The van der Waals surface area contributed by atoms with E-state index in [2.05, 4.69) is 39.9 Å². The lowest BCUT2D eigenvalue weighted by atomic mass is 9.70. The lowest BCUT2D eigenvalue weighted by Gasteiger charge is -2.39. The van der Waals surface area contributed by atoms with Gasteiger partial charge in [0, 0.05) is 6.04 Å². The molecule has 0 bridgehead atoms. The maximum atomic E-state index is 3.86. The summed E-state index contributed by atoms with van der Waals surface area (Å²) in [6.07, 6.45) is 8.28. The molecule has 1 aliphatic carbocycles. The fraction of sp³-hybridized carbons (Fsp3) is 1.00. The molecular formula is C17H35N. The van der Waals surface area contributed by atoms with Crippen LogP contribution in [0.25, 0.3) is 0 Å². The zero-order valence-corrected chi connectivity index (χ0v) is 13.3. The minimum atomic E-state index is 0.764. The van der Waals surface area contributed by atoms with Crippen LogP contribution in [-0.4, -0.2) is 12.6 Å². The van der Waals surface area contributed by atoms with E-state index in [0.717, 1.165) is 29.7 Å². The van der Waals surface area contributed by atoms with E-state index < -0.39 is 0 Å². The zero-order valence-electron chi connectivity index (χ0n) is 13.3. The largest absolute Gasteiger partial charge is 0.313 e. The summed E-state index contributed by atoms with van der Waals surface area (Å²) in [5.41, 5.74) is 0. The fourth-order valence-corrected chi connectivity index (χ4v) is 3.69. The zero-order chi connectivity index (χ0) is 13.5. The van der Waals surface area contributed by atoms with Gasteiger partial charge in [0.25, 0.3) is 0 Å². The van der Waals surface area contributed by atoms with Crippen LogP contribution >= 0.6 is 0 Å². The average molecular weight is 253 g/mol. The molecule has 0 spiro atoms. The SMILES string of the molecule is CCCNC(C(C)CCC)C1CCC(C)C(C)C1. The van der Waals surface area contributed by atoms with E-state index in [9.17, 15) is 0 Å². The Hall–Kier alpha value is -0.0400. The molecule has 0 aromatic rings. The van der Waals surface area contributed by atoms with Gasteiger partial charge in [-0.2, -0.15) is 0 Å². The maximum absolute atomic E-state index is 3.86. The highest BCUT2D eigenvalue weighted by Gasteiger charge is 2.32. The van der Waals surface area contributed by atoms with Crippen molar-refractivity contribution >= 4 is 0 Å². The van der Waals surface area contributed by atoms with Crippen molar-refractivity contribution in [3.05, 3.63) is 0 Å². The van der Waals surface area contributed by atoms with Gasteiger partial charge in [-0.1, -0.05) is 47.5 Å². The molecule has 0 saturated heterocycles. The fourth-order valence-electron chi connectivity index (χ4n) is 3.69. The second-order valence-corrected chi connectivity index (χ2v) is 6.77. The molecule has 0 aromatic heterocycles. The summed E-state index contributed by atoms with van der Waals surface area (Å²) in [4.78, 5) is 0. The first-order valence-corrected chi connectivity index (χ1v) is 8.33. The van der Waals surface area contributed by atoms with Gasteiger partial charge in [0.2, 0.25) is 0 Å². The minimum absolute atomic E-state index is 0.764. The molecule has 1 rings (SSSR count). The molecule has 0 aliphatic heterocycles. The Labute approximate surface area is 115 Å². The summed E-state index contributed by atoms with van der Waals surface area (Å²) < 4.78 is 0. The van der Waals surface area contributed by atoms with Crippen LogP contribution in [-0.2, 0) is 0 Å². The van der Waals surface area contributed by atoms with E-state index in [1.807, 2.05) is 0 Å². The molecule has 1 saturated carbocycles. The van der Waals surface area contributed by atoms with Crippen molar-refractivity contribution in [2.24, 2.45) is 23.7 Å². The minimum Gasteiger partial charge on any atom is -0.313 e. The van der Waals surface area contributed by atoms with Crippen molar-refractivity contribution in [1.29, 1.82) is 0 Å². The van der Waals surface area contributed by atoms with E-state index >= 15 is 0 Å². The van der Waals surface area contributed by atoms with Gasteiger partial charge in [0.05, 0.1) is 0 Å². The van der Waals surface area contributed by atoms with Crippen LogP contribution in [0.4, 0.5) is 0 Å². The number of hydrogen-bond donors (Lipinski definition) is 1. The highest BCUT2D eigenvalue weighted by atomic mass is 14.9. The first-order chi connectivity index (χ1) is 8.60. The first-order valence-electron chi connectivity index (χ1n) is 8.33. The van der Waals surface area contributed by atoms with Crippen LogP contribution in [0.2, 0.25) is 0 Å². The van der Waals surface area contributed by atoms with Crippen molar-refractivity contribution in [1.82, 2.24) is 5.32 Å². The summed E-state index contributed by atoms with van der Waals surface area (Å²) in [6, 6.07) is 0.764. The Morgan fingerprint density at radius 3 is 2.33 bits per heavy atom. The summed E-state index contributed by atoms with van der Waals surface area (Å²) in [5, 5.41) is 3.86. The molecule has 1 aliphatic rings. The monoisotopic (exact) mass is 253 g/mol. The number of nitrogens with one attached hydrogen (secondary N) is 1. The molecule has 1 fully saturated rings. The summed E-state index contributed by atoms with van der Waals surface area (Å²) >= 11 is 0. The quantitative estimate of drug-likeness (QED) is 0.683. The van der Waals surface area contributed by atoms with Crippen LogP contribution in [0.15, 0.2) is 0 Å². The highest BCUT2D eigenvalue weighted by Crippen LogP contribution is 2.37. The molecule has 1 nitrogen and oxygen atoms in total. The summed E-state index contributed by atoms with van der Waals surface area (Å²) in [5.74, 6) is 3.62. The molecule has 5 atom stereocenters. The van der Waals surface area contributed by atoms with Gasteiger partial charge in [-0.05, 0) is 55.9 Å². The van der Waals surface area contributed by atoms with E-state index in [-0.39, 0.29) is 0 Å². The van der Waals surface area contributed by atoms with E-state index in [1.165, 1.54) is 45.1 Å². The average Bonchev–Trinajstić information content (AvgIpc) is 2.34. The van der Waals surface area contributed by atoms with Gasteiger partial charge in [-0.25, -0.2) is 0 Å². The molecule has 0 heterocycles. The molecule has 1 N–H and O–H groups in total. The lowest BCUT2D eigenvalue weighted by Crippen LogP contribution is -2.44. The van der Waals surface area contributed by atoms with Crippen molar-refractivity contribution in [2.75, 3.05) is 6.54 Å². The molecule has 0 aromatic carbocycles.